The lowest BCUT2D eigenvalue weighted by atomic mass is 9.78. The average molecular weight is 319 g/mol. The maximum atomic E-state index is 3.85. The summed E-state index contributed by atoms with van der Waals surface area (Å²) in [7, 11) is 0. The lowest BCUT2D eigenvalue weighted by Gasteiger charge is -2.26. The third-order valence-electron chi connectivity index (χ3n) is 4.68. The van der Waals surface area contributed by atoms with Gasteiger partial charge in [0.25, 0.3) is 0 Å². The highest BCUT2D eigenvalue weighted by Gasteiger charge is 2.34. The molecule has 1 atom stereocenters. The maximum absolute atomic E-state index is 3.85. The van der Waals surface area contributed by atoms with Crippen LogP contribution in [-0.4, -0.2) is 0 Å². The fourth-order valence-corrected chi connectivity index (χ4v) is 3.76. The monoisotopic (exact) mass is 318 g/mol. The van der Waals surface area contributed by atoms with Crippen molar-refractivity contribution in [2.24, 2.45) is 5.92 Å². The molecular formula is C24H30. The van der Waals surface area contributed by atoms with Crippen LogP contribution >= 0.6 is 0 Å². The van der Waals surface area contributed by atoms with Gasteiger partial charge in [-0.2, -0.15) is 0 Å². The van der Waals surface area contributed by atoms with Crippen LogP contribution in [0, 0.1) is 5.92 Å². The minimum Gasteiger partial charge on any atom is -0.0991 e. The molecule has 0 bridgehead atoms. The molecule has 1 saturated carbocycles. The Morgan fingerprint density at radius 2 is 1.67 bits per heavy atom. The Balaban J connectivity index is 2.65. The van der Waals surface area contributed by atoms with Crippen molar-refractivity contribution in [1.82, 2.24) is 0 Å². The summed E-state index contributed by atoms with van der Waals surface area (Å²) in [6.07, 6.45) is 25.2. The molecule has 0 spiro atoms. The van der Waals surface area contributed by atoms with Crippen LogP contribution in [0.5, 0.6) is 0 Å². The zero-order valence-corrected chi connectivity index (χ0v) is 15.2. The van der Waals surface area contributed by atoms with Gasteiger partial charge in [-0.25, -0.2) is 0 Å². The van der Waals surface area contributed by atoms with Crippen LogP contribution in [0.4, 0.5) is 0 Å². The van der Waals surface area contributed by atoms with Crippen LogP contribution in [0.2, 0.25) is 0 Å². The molecule has 0 heteroatoms. The highest BCUT2D eigenvalue weighted by atomic mass is 14.4. The zero-order valence-electron chi connectivity index (χ0n) is 15.2. The Morgan fingerprint density at radius 3 is 2.29 bits per heavy atom. The Labute approximate surface area is 148 Å². The van der Waals surface area contributed by atoms with Gasteiger partial charge in [0.05, 0.1) is 0 Å². The molecule has 1 unspecified atom stereocenters. The first-order valence-corrected chi connectivity index (χ1v) is 9.21. The second-order valence-electron chi connectivity index (χ2n) is 6.28. The Bertz CT molecular complexity index is 656. The van der Waals surface area contributed by atoms with Crippen LogP contribution in [-0.2, 0) is 0 Å². The van der Waals surface area contributed by atoms with Gasteiger partial charge in [-0.3, -0.25) is 0 Å². The quantitative estimate of drug-likeness (QED) is 0.436. The van der Waals surface area contributed by atoms with Gasteiger partial charge in [0, 0.05) is 5.92 Å². The van der Waals surface area contributed by atoms with Crippen molar-refractivity contribution < 1.29 is 0 Å². The number of rotatable bonds is 7. The predicted molar refractivity (Wildman–Crippen MR) is 108 cm³/mol. The van der Waals surface area contributed by atoms with Crippen LogP contribution in [0.15, 0.2) is 95.7 Å². The zero-order chi connectivity index (χ0) is 17.4. The average Bonchev–Trinajstić information content (AvgIpc) is 2.90. The Hall–Kier alpha value is -2.08. The second kappa shape index (κ2) is 9.27. The van der Waals surface area contributed by atoms with Crippen molar-refractivity contribution >= 4 is 0 Å². The smallest absolute Gasteiger partial charge is 0.0104 e. The Kier molecular flexibility index (Phi) is 7.06. The SMILES string of the molecule is C=C/C=C\C1=C(/C=C\CC)C2CCC/C(=C/CC)C2=C1/C=C\C=C. The first kappa shape index (κ1) is 18.3. The maximum Gasteiger partial charge on any atom is 0.0104 e. The van der Waals surface area contributed by atoms with Gasteiger partial charge in [-0.15, -0.1) is 0 Å². The first-order valence-electron chi connectivity index (χ1n) is 9.21. The fourth-order valence-electron chi connectivity index (χ4n) is 3.76. The van der Waals surface area contributed by atoms with E-state index in [1.165, 1.54) is 36.0 Å². The van der Waals surface area contributed by atoms with E-state index in [0.29, 0.717) is 5.92 Å². The van der Waals surface area contributed by atoms with E-state index in [2.05, 4.69) is 69.5 Å². The van der Waals surface area contributed by atoms with Gasteiger partial charge in [0.15, 0.2) is 0 Å². The molecule has 0 aliphatic heterocycles. The lowest BCUT2D eigenvalue weighted by Crippen LogP contribution is -2.12. The highest BCUT2D eigenvalue weighted by molar-refractivity contribution is 5.67. The summed E-state index contributed by atoms with van der Waals surface area (Å²) < 4.78 is 0. The van der Waals surface area contributed by atoms with E-state index < -0.39 is 0 Å². The molecule has 0 N–H and O–H groups in total. The number of hydrogen-bond donors (Lipinski definition) is 0. The molecule has 2 aliphatic rings. The molecule has 24 heavy (non-hydrogen) atoms. The lowest BCUT2D eigenvalue weighted by molar-refractivity contribution is 0.572. The Morgan fingerprint density at radius 1 is 0.958 bits per heavy atom. The van der Waals surface area contributed by atoms with Crippen molar-refractivity contribution in [3.05, 3.63) is 95.7 Å². The summed E-state index contributed by atoms with van der Waals surface area (Å²) in [4.78, 5) is 0. The summed E-state index contributed by atoms with van der Waals surface area (Å²) in [6.45, 7) is 12.1. The standard InChI is InChI=1S/C24H30/c1-5-9-15-20-21(16-10-6-2)23-18-12-14-19(13-8-4)24(23)22(20)17-11-7-3/h5,7,9-11,13,15-17,23H,1,3,6,8,12,14,18H2,2,4H3/b15-9-,16-10-,17-11-,19-13-. The molecule has 2 aliphatic carbocycles. The van der Waals surface area contributed by atoms with Crippen LogP contribution in [0.1, 0.15) is 46.0 Å². The van der Waals surface area contributed by atoms with Gasteiger partial charge in [0.1, 0.15) is 0 Å². The molecule has 0 aromatic heterocycles. The molecule has 0 saturated heterocycles. The molecule has 0 aromatic carbocycles. The topological polar surface area (TPSA) is 0 Å². The van der Waals surface area contributed by atoms with Gasteiger partial charge < -0.3 is 0 Å². The van der Waals surface area contributed by atoms with Crippen LogP contribution in [0.25, 0.3) is 0 Å². The highest BCUT2D eigenvalue weighted by Crippen LogP contribution is 2.49. The first-order chi connectivity index (χ1) is 11.8. The number of fused-ring (bicyclic) bond motifs is 1. The van der Waals surface area contributed by atoms with E-state index in [1.54, 1.807) is 11.1 Å². The minimum absolute atomic E-state index is 0.535. The molecule has 2 rings (SSSR count). The summed E-state index contributed by atoms with van der Waals surface area (Å²) in [6, 6.07) is 0. The molecule has 0 radical (unpaired) electrons. The fraction of sp³-hybridized carbons (Fsp3) is 0.333. The predicted octanol–water partition coefficient (Wildman–Crippen LogP) is 7.18. The normalized spacial score (nSPS) is 23.2. The van der Waals surface area contributed by atoms with Gasteiger partial charge in [0.2, 0.25) is 0 Å². The van der Waals surface area contributed by atoms with E-state index in [-0.39, 0.29) is 0 Å². The van der Waals surface area contributed by atoms with Crippen molar-refractivity contribution in [1.29, 1.82) is 0 Å². The minimum atomic E-state index is 0.535. The molecule has 126 valence electrons. The molecule has 0 nitrogen and oxygen atoms in total. The summed E-state index contributed by atoms with van der Waals surface area (Å²) in [5.74, 6) is 0.535. The third-order valence-corrected chi connectivity index (χ3v) is 4.68. The summed E-state index contributed by atoms with van der Waals surface area (Å²) in [5, 5.41) is 0. The molecule has 0 amide bonds. The van der Waals surface area contributed by atoms with Crippen molar-refractivity contribution in [3.8, 4) is 0 Å². The summed E-state index contributed by atoms with van der Waals surface area (Å²) in [5.41, 5.74) is 7.27. The van der Waals surface area contributed by atoms with Crippen LogP contribution < -0.4 is 0 Å². The number of allylic oxidation sites excluding steroid dienone is 14. The van der Waals surface area contributed by atoms with E-state index in [9.17, 15) is 0 Å². The van der Waals surface area contributed by atoms with Gasteiger partial charge in [-0.1, -0.05) is 81.7 Å². The van der Waals surface area contributed by atoms with E-state index >= 15 is 0 Å². The molecule has 0 heterocycles. The molecular weight excluding hydrogens is 288 g/mol. The van der Waals surface area contributed by atoms with Crippen molar-refractivity contribution in [2.75, 3.05) is 0 Å². The van der Waals surface area contributed by atoms with Crippen molar-refractivity contribution in [3.63, 3.8) is 0 Å². The van der Waals surface area contributed by atoms with E-state index in [1.807, 2.05) is 12.2 Å². The third kappa shape index (κ3) is 3.87. The second-order valence-corrected chi connectivity index (χ2v) is 6.28. The largest absolute Gasteiger partial charge is 0.0991 e. The van der Waals surface area contributed by atoms with Gasteiger partial charge in [-0.05, 0) is 60.0 Å². The van der Waals surface area contributed by atoms with E-state index in [4.69, 9.17) is 0 Å². The van der Waals surface area contributed by atoms with E-state index in [0.717, 1.165) is 12.8 Å². The number of hydrogen-bond acceptors (Lipinski definition) is 0. The molecule has 0 aromatic rings. The summed E-state index contributed by atoms with van der Waals surface area (Å²) >= 11 is 0. The van der Waals surface area contributed by atoms with Crippen molar-refractivity contribution in [2.45, 2.75) is 46.0 Å². The van der Waals surface area contributed by atoms with Gasteiger partial charge >= 0.3 is 0 Å². The van der Waals surface area contributed by atoms with Crippen LogP contribution in [0.3, 0.4) is 0 Å². The molecule has 1 fully saturated rings.